The number of aliphatic hydroxyl groups is 1. The molecule has 0 saturated heterocycles. The van der Waals surface area contributed by atoms with E-state index >= 15 is 0 Å². The molecule has 8 atom stereocenters. The molecule has 0 spiro atoms. The molecule has 0 aromatic carbocycles. The van der Waals surface area contributed by atoms with Gasteiger partial charge in [-0.2, -0.15) is 0 Å². The van der Waals surface area contributed by atoms with Crippen LogP contribution in [-0.2, 0) is 4.79 Å². The first-order valence-electron chi connectivity index (χ1n) is 10.8. The van der Waals surface area contributed by atoms with Gasteiger partial charge in [0.1, 0.15) is 5.78 Å². The summed E-state index contributed by atoms with van der Waals surface area (Å²) in [5, 5.41) is 13.2. The Morgan fingerprint density at radius 1 is 1.00 bits per heavy atom. The normalized spacial score (nSPS) is 52.2. The van der Waals surface area contributed by atoms with Crippen LogP contribution in [0.25, 0.3) is 0 Å². The Bertz CT molecular complexity index is 534. The molecule has 3 nitrogen and oxygen atoms in total. The second kappa shape index (κ2) is 6.34. The van der Waals surface area contributed by atoms with Gasteiger partial charge in [-0.25, -0.2) is 0 Å². The lowest BCUT2D eigenvalue weighted by Gasteiger charge is -2.60. The average Bonchev–Trinajstić information content (AvgIpc) is 2.93. The van der Waals surface area contributed by atoms with E-state index in [0.29, 0.717) is 17.7 Å². The van der Waals surface area contributed by atoms with Crippen molar-refractivity contribution >= 4 is 5.78 Å². The maximum atomic E-state index is 12.7. The molecular formula is C22H37NO2. The van der Waals surface area contributed by atoms with Gasteiger partial charge in [-0.1, -0.05) is 13.8 Å². The third-order valence-electron chi connectivity index (χ3n) is 9.38. The lowest BCUT2D eigenvalue weighted by atomic mass is 9.44. The Hall–Kier alpha value is -0.410. The minimum Gasteiger partial charge on any atom is -0.393 e. The van der Waals surface area contributed by atoms with Gasteiger partial charge in [0.2, 0.25) is 0 Å². The van der Waals surface area contributed by atoms with Crippen LogP contribution in [0.4, 0.5) is 0 Å². The number of hydrogen-bond acceptors (Lipinski definition) is 3. The minimum atomic E-state index is -0.0569. The van der Waals surface area contributed by atoms with Crippen LogP contribution in [0.1, 0.15) is 71.6 Å². The van der Waals surface area contributed by atoms with Crippen molar-refractivity contribution in [3.05, 3.63) is 0 Å². The zero-order valence-corrected chi connectivity index (χ0v) is 16.4. The van der Waals surface area contributed by atoms with Crippen molar-refractivity contribution in [1.82, 2.24) is 5.32 Å². The molecule has 4 fully saturated rings. The predicted molar refractivity (Wildman–Crippen MR) is 100 cm³/mol. The highest BCUT2D eigenvalue weighted by molar-refractivity contribution is 5.84. The standard InChI is InChI=1S/C22H37NO2/c1-21-10-8-15(24)12-14(21)4-5-16-17-6-7-19(20(25)13-23-3)22(17,2)11-9-18(16)21/h14-19,23-24H,4-13H2,1-3H3. The molecule has 0 radical (unpaired) electrons. The maximum absolute atomic E-state index is 12.7. The van der Waals surface area contributed by atoms with Crippen LogP contribution in [0.3, 0.4) is 0 Å². The Balaban J connectivity index is 1.57. The summed E-state index contributed by atoms with van der Waals surface area (Å²) < 4.78 is 0. The quantitative estimate of drug-likeness (QED) is 0.816. The number of carbonyl (C=O) groups excluding carboxylic acids is 1. The fourth-order valence-corrected chi connectivity index (χ4v) is 8.06. The topological polar surface area (TPSA) is 49.3 Å². The average molecular weight is 348 g/mol. The monoisotopic (exact) mass is 347 g/mol. The SMILES string of the molecule is CNCC(=O)C1CCC2C3CCC4CC(O)CCC4(C)C3CCC12C. The van der Waals surface area contributed by atoms with E-state index in [2.05, 4.69) is 19.2 Å². The third kappa shape index (κ3) is 2.64. The molecule has 4 saturated carbocycles. The van der Waals surface area contributed by atoms with E-state index in [-0.39, 0.29) is 17.4 Å². The van der Waals surface area contributed by atoms with Gasteiger partial charge in [0.05, 0.1) is 12.6 Å². The number of aliphatic hydroxyl groups excluding tert-OH is 1. The van der Waals surface area contributed by atoms with E-state index in [4.69, 9.17) is 0 Å². The van der Waals surface area contributed by atoms with Crippen molar-refractivity contribution in [2.45, 2.75) is 77.7 Å². The smallest absolute Gasteiger partial charge is 0.150 e. The summed E-state index contributed by atoms with van der Waals surface area (Å²) in [7, 11) is 1.89. The first-order valence-corrected chi connectivity index (χ1v) is 10.8. The van der Waals surface area contributed by atoms with Crippen molar-refractivity contribution in [2.24, 2.45) is 40.4 Å². The molecule has 0 bridgehead atoms. The number of nitrogens with one attached hydrogen (secondary N) is 1. The zero-order chi connectivity index (χ0) is 17.8. The van der Waals surface area contributed by atoms with Gasteiger partial charge >= 0.3 is 0 Å². The molecule has 4 aliphatic carbocycles. The second-order valence-electron chi connectivity index (χ2n) is 10.3. The summed E-state index contributed by atoms with van der Waals surface area (Å²) >= 11 is 0. The van der Waals surface area contributed by atoms with Gasteiger partial charge in [0.15, 0.2) is 0 Å². The van der Waals surface area contributed by atoms with Crippen molar-refractivity contribution in [2.75, 3.05) is 13.6 Å². The van der Waals surface area contributed by atoms with Crippen LogP contribution < -0.4 is 5.32 Å². The number of likely N-dealkylation sites (N-methyl/N-ethyl adjacent to an activating group) is 1. The van der Waals surface area contributed by atoms with E-state index in [1.165, 1.54) is 38.5 Å². The summed E-state index contributed by atoms with van der Waals surface area (Å²) in [5.74, 6) is 3.86. The zero-order valence-electron chi connectivity index (χ0n) is 16.4. The molecule has 8 unspecified atom stereocenters. The first kappa shape index (κ1) is 18.0. The molecule has 25 heavy (non-hydrogen) atoms. The number of rotatable bonds is 3. The Morgan fingerprint density at radius 3 is 2.48 bits per heavy atom. The van der Waals surface area contributed by atoms with Crippen molar-refractivity contribution in [3.8, 4) is 0 Å². The fraction of sp³-hybridized carbons (Fsp3) is 0.955. The fourth-order valence-electron chi connectivity index (χ4n) is 8.06. The molecule has 0 aromatic rings. The summed E-state index contributed by atoms with van der Waals surface area (Å²) in [4.78, 5) is 12.7. The molecule has 0 amide bonds. The summed E-state index contributed by atoms with van der Waals surface area (Å²) in [6, 6.07) is 0. The van der Waals surface area contributed by atoms with E-state index in [1.807, 2.05) is 7.05 Å². The van der Waals surface area contributed by atoms with Crippen molar-refractivity contribution in [1.29, 1.82) is 0 Å². The van der Waals surface area contributed by atoms with Crippen LogP contribution in [0.2, 0.25) is 0 Å². The molecule has 4 aliphatic rings. The van der Waals surface area contributed by atoms with Gasteiger partial charge in [-0.3, -0.25) is 4.79 Å². The highest BCUT2D eigenvalue weighted by atomic mass is 16.3. The summed E-state index contributed by atoms with van der Waals surface area (Å²) in [6.45, 7) is 5.53. The number of ketones is 1. The number of fused-ring (bicyclic) bond motifs is 5. The summed E-state index contributed by atoms with van der Waals surface area (Å²) in [6.07, 6.45) is 10.8. The lowest BCUT2D eigenvalue weighted by molar-refractivity contribution is -0.139. The largest absolute Gasteiger partial charge is 0.393 e. The number of carbonyl (C=O) groups is 1. The second-order valence-corrected chi connectivity index (χ2v) is 10.3. The molecular weight excluding hydrogens is 310 g/mol. The van der Waals surface area contributed by atoms with E-state index in [1.54, 1.807) is 0 Å². The van der Waals surface area contributed by atoms with E-state index in [9.17, 15) is 9.90 Å². The van der Waals surface area contributed by atoms with Gasteiger partial charge in [0.25, 0.3) is 0 Å². The first-order chi connectivity index (χ1) is 11.9. The predicted octanol–water partition coefficient (Wildman–Crippen LogP) is 3.79. The van der Waals surface area contributed by atoms with Crippen LogP contribution in [0.15, 0.2) is 0 Å². The van der Waals surface area contributed by atoms with Crippen LogP contribution in [-0.4, -0.2) is 30.6 Å². The van der Waals surface area contributed by atoms with Gasteiger partial charge in [0, 0.05) is 5.92 Å². The molecule has 142 valence electrons. The number of hydrogen-bond donors (Lipinski definition) is 2. The van der Waals surface area contributed by atoms with Crippen molar-refractivity contribution < 1.29 is 9.90 Å². The van der Waals surface area contributed by atoms with Gasteiger partial charge in [-0.05, 0) is 99.3 Å². The molecule has 0 aromatic heterocycles. The molecule has 2 N–H and O–H groups in total. The summed E-state index contributed by atoms with van der Waals surface area (Å²) in [5.41, 5.74) is 0.684. The van der Waals surface area contributed by atoms with E-state index in [0.717, 1.165) is 42.9 Å². The van der Waals surface area contributed by atoms with Gasteiger partial charge in [-0.15, -0.1) is 0 Å². The van der Waals surface area contributed by atoms with Crippen LogP contribution in [0.5, 0.6) is 0 Å². The molecule has 3 heteroatoms. The van der Waals surface area contributed by atoms with E-state index < -0.39 is 0 Å². The molecule has 4 rings (SSSR count). The highest BCUT2D eigenvalue weighted by Gasteiger charge is 2.60. The maximum Gasteiger partial charge on any atom is 0.150 e. The Labute approximate surface area is 153 Å². The van der Waals surface area contributed by atoms with Gasteiger partial charge < -0.3 is 10.4 Å². The van der Waals surface area contributed by atoms with Crippen LogP contribution >= 0.6 is 0 Å². The Morgan fingerprint density at radius 2 is 1.72 bits per heavy atom. The molecule has 0 aliphatic heterocycles. The van der Waals surface area contributed by atoms with Crippen LogP contribution in [0, 0.1) is 40.4 Å². The molecule has 0 heterocycles. The number of Topliss-reactive ketones (excluding diaryl/α,β-unsaturated/α-hetero) is 1. The highest BCUT2D eigenvalue weighted by Crippen LogP contribution is 2.67. The van der Waals surface area contributed by atoms with Crippen molar-refractivity contribution in [3.63, 3.8) is 0 Å². The third-order valence-corrected chi connectivity index (χ3v) is 9.38. The lowest BCUT2D eigenvalue weighted by Crippen LogP contribution is -2.54. The minimum absolute atomic E-state index is 0.0569. The Kier molecular flexibility index (Phi) is 4.56.